The number of likely N-dealkylation sites (N-methyl/N-ethyl adjacent to an activating group) is 1. The lowest BCUT2D eigenvalue weighted by Gasteiger charge is -2.32. The number of nitrogens with zero attached hydrogens (tertiary/aromatic N) is 3. The Labute approximate surface area is 212 Å². The van der Waals surface area contributed by atoms with E-state index in [0.29, 0.717) is 33.8 Å². The SMILES string of the molecule is CO[C@@]1(C)C(=O)N(C)c2cc3c(NC(C)c4cccc(C(F)(F)[C@](C)(O)CO)c4F)nc(C)nc3cc21. The molecule has 4 rings (SSSR count). The molecule has 0 radical (unpaired) electrons. The smallest absolute Gasteiger partial charge is 0.306 e. The Hall–Kier alpha value is -3.28. The number of methoxy groups -OCH3 is 1. The first kappa shape index (κ1) is 26.8. The van der Waals surface area contributed by atoms with E-state index in [4.69, 9.17) is 4.74 Å². The van der Waals surface area contributed by atoms with Crippen molar-refractivity contribution in [2.24, 2.45) is 0 Å². The van der Waals surface area contributed by atoms with Crippen molar-refractivity contribution >= 4 is 28.3 Å². The molecule has 0 aliphatic carbocycles. The number of halogens is 3. The van der Waals surface area contributed by atoms with Gasteiger partial charge in [0, 0.05) is 30.7 Å². The Balaban J connectivity index is 1.79. The number of aryl methyl sites for hydroxylation is 1. The first-order valence-electron chi connectivity index (χ1n) is 11.6. The van der Waals surface area contributed by atoms with Gasteiger partial charge in [-0.05, 0) is 45.9 Å². The van der Waals surface area contributed by atoms with Gasteiger partial charge in [-0.1, -0.05) is 12.1 Å². The van der Waals surface area contributed by atoms with Crippen LogP contribution in [0.2, 0.25) is 0 Å². The van der Waals surface area contributed by atoms with Crippen LogP contribution in [-0.4, -0.2) is 52.5 Å². The number of rotatable bonds is 7. The first-order chi connectivity index (χ1) is 17.2. The highest BCUT2D eigenvalue weighted by Crippen LogP contribution is 2.45. The Morgan fingerprint density at radius 2 is 1.95 bits per heavy atom. The molecule has 0 saturated carbocycles. The van der Waals surface area contributed by atoms with E-state index >= 15 is 4.39 Å². The number of carbonyl (C=O) groups excluding carboxylic acids is 1. The molecule has 1 aliphatic rings. The molecule has 3 atom stereocenters. The third kappa shape index (κ3) is 4.01. The number of hydrogen-bond donors (Lipinski definition) is 3. The third-order valence-electron chi connectivity index (χ3n) is 7.09. The number of alkyl halides is 2. The van der Waals surface area contributed by atoms with E-state index in [9.17, 15) is 23.8 Å². The van der Waals surface area contributed by atoms with E-state index in [1.54, 1.807) is 40.0 Å². The van der Waals surface area contributed by atoms with Crippen LogP contribution in [0.3, 0.4) is 0 Å². The number of hydrogen-bond acceptors (Lipinski definition) is 7. The standard InChI is InChI=1S/C26H29F3N4O4/c1-13(15-8-7-9-17(21(15)27)26(28,29)24(3,36)12-34)30-22-16-10-20-18(11-19(16)31-14(2)32-22)25(4,37-6)23(35)33(20)5/h7-11,13,34,36H,12H2,1-6H3,(H,30,31,32)/t13?,24-,25-/m1/s1. The van der Waals surface area contributed by atoms with E-state index in [2.05, 4.69) is 15.3 Å². The lowest BCUT2D eigenvalue weighted by molar-refractivity contribution is -0.197. The van der Waals surface area contributed by atoms with Gasteiger partial charge in [0.05, 0.1) is 29.4 Å². The van der Waals surface area contributed by atoms with Crippen molar-refractivity contribution in [2.75, 3.05) is 31.0 Å². The number of amides is 1. The fourth-order valence-corrected chi connectivity index (χ4v) is 4.59. The van der Waals surface area contributed by atoms with Crippen LogP contribution >= 0.6 is 0 Å². The molecule has 0 fully saturated rings. The van der Waals surface area contributed by atoms with Crippen LogP contribution in [0.5, 0.6) is 0 Å². The van der Waals surface area contributed by atoms with Gasteiger partial charge in [0.15, 0.2) is 11.2 Å². The van der Waals surface area contributed by atoms with Crippen molar-refractivity contribution < 1.29 is 32.9 Å². The van der Waals surface area contributed by atoms with Crippen LogP contribution in [0.1, 0.15) is 49.3 Å². The molecule has 0 saturated heterocycles. The van der Waals surface area contributed by atoms with Gasteiger partial charge in [0.2, 0.25) is 0 Å². The predicted octanol–water partition coefficient (Wildman–Crippen LogP) is 3.92. The number of aliphatic hydroxyl groups is 2. The Morgan fingerprint density at radius 1 is 1.27 bits per heavy atom. The topological polar surface area (TPSA) is 108 Å². The molecule has 198 valence electrons. The average molecular weight is 519 g/mol. The molecule has 2 aromatic carbocycles. The minimum absolute atomic E-state index is 0.0873. The molecule has 0 spiro atoms. The van der Waals surface area contributed by atoms with Gasteiger partial charge in [-0.25, -0.2) is 14.4 Å². The summed E-state index contributed by atoms with van der Waals surface area (Å²) in [6.45, 7) is 4.42. The zero-order chi connectivity index (χ0) is 27.5. The highest BCUT2D eigenvalue weighted by Gasteiger charge is 2.52. The van der Waals surface area contributed by atoms with Gasteiger partial charge in [-0.15, -0.1) is 0 Å². The second-order valence-corrected chi connectivity index (χ2v) is 9.69. The van der Waals surface area contributed by atoms with Crippen molar-refractivity contribution in [3.8, 4) is 0 Å². The Kier molecular flexibility index (Phi) is 6.46. The van der Waals surface area contributed by atoms with Gasteiger partial charge in [-0.3, -0.25) is 4.79 Å². The highest BCUT2D eigenvalue weighted by molar-refractivity contribution is 6.09. The van der Waals surface area contributed by atoms with Gasteiger partial charge in [-0.2, -0.15) is 8.78 Å². The summed E-state index contributed by atoms with van der Waals surface area (Å²) in [6, 6.07) is 6.15. The molecule has 2 heterocycles. The lowest BCUT2D eigenvalue weighted by atomic mass is 9.90. The summed E-state index contributed by atoms with van der Waals surface area (Å²) in [5.74, 6) is -4.78. The average Bonchev–Trinajstić information content (AvgIpc) is 3.03. The number of aliphatic hydroxyl groups excluding tert-OH is 1. The first-order valence-corrected chi connectivity index (χ1v) is 11.6. The van der Waals surface area contributed by atoms with Crippen molar-refractivity contribution in [3.63, 3.8) is 0 Å². The normalized spacial score (nSPS) is 20.2. The van der Waals surface area contributed by atoms with Crippen LogP contribution in [0.15, 0.2) is 30.3 Å². The van der Waals surface area contributed by atoms with Crippen molar-refractivity contribution in [2.45, 2.75) is 50.9 Å². The van der Waals surface area contributed by atoms with E-state index in [1.165, 1.54) is 24.1 Å². The van der Waals surface area contributed by atoms with Gasteiger partial charge in [0.1, 0.15) is 17.5 Å². The molecule has 3 aromatic rings. The number of ether oxygens (including phenoxy) is 1. The largest absolute Gasteiger partial charge is 0.393 e. The minimum atomic E-state index is -4.05. The molecule has 0 bridgehead atoms. The number of nitrogens with one attached hydrogen (secondary N) is 1. The molecule has 8 nitrogen and oxygen atoms in total. The fraction of sp³-hybridized carbons (Fsp3) is 0.423. The minimum Gasteiger partial charge on any atom is -0.393 e. The van der Waals surface area contributed by atoms with Gasteiger partial charge >= 0.3 is 5.92 Å². The number of fused-ring (bicyclic) bond motifs is 2. The maximum absolute atomic E-state index is 15.4. The van der Waals surface area contributed by atoms with Crippen molar-refractivity contribution in [1.29, 1.82) is 0 Å². The summed E-state index contributed by atoms with van der Waals surface area (Å²) in [4.78, 5) is 23.3. The number of carbonyl (C=O) groups is 1. The molecule has 37 heavy (non-hydrogen) atoms. The predicted molar refractivity (Wildman–Crippen MR) is 132 cm³/mol. The van der Waals surface area contributed by atoms with Crippen LogP contribution in [-0.2, 0) is 21.1 Å². The highest BCUT2D eigenvalue weighted by atomic mass is 19.3. The monoisotopic (exact) mass is 518 g/mol. The van der Waals surface area contributed by atoms with E-state index in [-0.39, 0.29) is 11.5 Å². The van der Waals surface area contributed by atoms with Crippen LogP contribution < -0.4 is 10.2 Å². The Morgan fingerprint density at radius 3 is 2.57 bits per heavy atom. The molecule has 1 amide bonds. The van der Waals surface area contributed by atoms with E-state index in [0.717, 1.165) is 13.0 Å². The summed E-state index contributed by atoms with van der Waals surface area (Å²) < 4.78 is 50.7. The quantitative estimate of drug-likeness (QED) is 0.435. The second kappa shape index (κ2) is 8.93. The number of anilines is 2. The molecule has 11 heteroatoms. The molecule has 3 N–H and O–H groups in total. The summed E-state index contributed by atoms with van der Waals surface area (Å²) >= 11 is 0. The molecule has 1 aromatic heterocycles. The van der Waals surface area contributed by atoms with Crippen molar-refractivity contribution in [1.82, 2.24) is 9.97 Å². The maximum Gasteiger partial charge on any atom is 0.306 e. The zero-order valence-electron chi connectivity index (χ0n) is 21.4. The number of benzene rings is 2. The summed E-state index contributed by atoms with van der Waals surface area (Å²) in [6.07, 6.45) is 0. The van der Waals surface area contributed by atoms with Crippen molar-refractivity contribution in [3.05, 3.63) is 58.7 Å². The number of aromatic nitrogens is 2. The fourth-order valence-electron chi connectivity index (χ4n) is 4.59. The zero-order valence-corrected chi connectivity index (χ0v) is 21.4. The van der Waals surface area contributed by atoms with Gasteiger partial charge in [0.25, 0.3) is 5.91 Å². The third-order valence-corrected chi connectivity index (χ3v) is 7.09. The van der Waals surface area contributed by atoms with Crippen LogP contribution in [0.25, 0.3) is 10.9 Å². The van der Waals surface area contributed by atoms with E-state index in [1.807, 2.05) is 0 Å². The van der Waals surface area contributed by atoms with E-state index < -0.39 is 41.2 Å². The summed E-state index contributed by atoms with van der Waals surface area (Å²) in [5.41, 5.74) is -3.39. The van der Waals surface area contributed by atoms with Gasteiger partial charge < -0.3 is 25.2 Å². The summed E-state index contributed by atoms with van der Waals surface area (Å²) in [5, 5.41) is 22.8. The molecule has 1 unspecified atom stereocenters. The molecular weight excluding hydrogens is 489 g/mol. The molecule has 1 aliphatic heterocycles. The second-order valence-electron chi connectivity index (χ2n) is 9.69. The van der Waals surface area contributed by atoms with Crippen LogP contribution in [0, 0.1) is 12.7 Å². The maximum atomic E-state index is 15.4. The molecular formula is C26H29F3N4O4. The van der Waals surface area contributed by atoms with Crippen LogP contribution in [0.4, 0.5) is 24.7 Å². The summed E-state index contributed by atoms with van der Waals surface area (Å²) in [7, 11) is 3.08. The Bertz CT molecular complexity index is 1400. The lowest BCUT2D eigenvalue weighted by Crippen LogP contribution is -2.47.